The molecule has 0 aromatic rings. The molecule has 2 N–H and O–H groups in total. The molecule has 1 aliphatic carbocycles. The highest BCUT2D eigenvalue weighted by Crippen LogP contribution is 2.18. The molecule has 1 amide bonds. The van der Waals surface area contributed by atoms with Crippen LogP contribution in [0.15, 0.2) is 0 Å². The van der Waals surface area contributed by atoms with Crippen LogP contribution in [-0.4, -0.2) is 49.6 Å². The van der Waals surface area contributed by atoms with Crippen LogP contribution in [0.4, 0.5) is 0 Å². The van der Waals surface area contributed by atoms with Crippen LogP contribution >= 0.6 is 0 Å². The second kappa shape index (κ2) is 6.21. The summed E-state index contributed by atoms with van der Waals surface area (Å²) in [6.07, 6.45) is 5.84. The summed E-state index contributed by atoms with van der Waals surface area (Å²) in [4.78, 5) is 13.9. The first-order valence-corrected chi connectivity index (χ1v) is 6.57. The van der Waals surface area contributed by atoms with E-state index in [4.69, 9.17) is 0 Å². The van der Waals surface area contributed by atoms with Gasteiger partial charge in [0.15, 0.2) is 0 Å². The largest absolute Gasteiger partial charge is 0.355 e. The minimum Gasteiger partial charge on any atom is -0.355 e. The number of nitrogens with zero attached hydrogens (tertiary/aromatic N) is 1. The Morgan fingerprint density at radius 1 is 1.19 bits per heavy atom. The molecule has 0 aromatic heterocycles. The van der Waals surface area contributed by atoms with Gasteiger partial charge in [0, 0.05) is 32.1 Å². The van der Waals surface area contributed by atoms with E-state index in [1.807, 2.05) is 0 Å². The van der Waals surface area contributed by atoms with Crippen molar-refractivity contribution < 1.29 is 4.79 Å². The van der Waals surface area contributed by atoms with Crippen molar-refractivity contribution in [3.8, 4) is 0 Å². The lowest BCUT2D eigenvalue weighted by atomic mass is 10.4. The topological polar surface area (TPSA) is 44.4 Å². The number of nitrogens with one attached hydrogen (secondary N) is 2. The van der Waals surface area contributed by atoms with Crippen molar-refractivity contribution >= 4 is 5.91 Å². The number of rotatable bonds is 7. The smallest absolute Gasteiger partial charge is 0.221 e. The third-order valence-electron chi connectivity index (χ3n) is 3.31. The van der Waals surface area contributed by atoms with E-state index >= 15 is 0 Å². The SMILES string of the molecule is O=C(CCNC1CC1)NCCN1CCCC1. The predicted molar refractivity (Wildman–Crippen MR) is 64.3 cm³/mol. The number of carbonyl (C=O) groups is 1. The standard InChI is InChI=1S/C12H23N3O/c16-12(5-6-13-11-3-4-11)14-7-10-15-8-1-2-9-15/h11,13H,1-10H2,(H,14,16). The molecule has 0 aromatic carbocycles. The summed E-state index contributed by atoms with van der Waals surface area (Å²) in [6, 6.07) is 0.706. The maximum Gasteiger partial charge on any atom is 0.221 e. The van der Waals surface area contributed by atoms with Crippen molar-refractivity contribution in [1.82, 2.24) is 15.5 Å². The van der Waals surface area contributed by atoms with E-state index in [9.17, 15) is 4.79 Å². The van der Waals surface area contributed by atoms with Gasteiger partial charge in [-0.1, -0.05) is 0 Å². The zero-order valence-electron chi connectivity index (χ0n) is 10.0. The lowest BCUT2D eigenvalue weighted by molar-refractivity contribution is -0.121. The number of likely N-dealkylation sites (tertiary alicyclic amines) is 1. The third kappa shape index (κ3) is 4.49. The van der Waals surface area contributed by atoms with E-state index in [1.54, 1.807) is 0 Å². The minimum atomic E-state index is 0.187. The van der Waals surface area contributed by atoms with Crippen LogP contribution in [0.5, 0.6) is 0 Å². The monoisotopic (exact) mass is 225 g/mol. The summed E-state index contributed by atoms with van der Waals surface area (Å²) in [6.45, 7) is 5.07. The molecule has 0 atom stereocenters. The van der Waals surface area contributed by atoms with Gasteiger partial charge < -0.3 is 15.5 Å². The van der Waals surface area contributed by atoms with Crippen molar-refractivity contribution in [2.24, 2.45) is 0 Å². The number of hydrogen-bond acceptors (Lipinski definition) is 3. The molecule has 1 saturated heterocycles. The lowest BCUT2D eigenvalue weighted by Crippen LogP contribution is -2.34. The minimum absolute atomic E-state index is 0.187. The molecule has 2 aliphatic rings. The molecular formula is C12H23N3O. The van der Waals surface area contributed by atoms with Gasteiger partial charge in [0.05, 0.1) is 0 Å². The quantitative estimate of drug-likeness (QED) is 0.657. The van der Waals surface area contributed by atoms with Crippen LogP contribution in [0.2, 0.25) is 0 Å². The fraction of sp³-hybridized carbons (Fsp3) is 0.917. The molecule has 2 rings (SSSR count). The van der Waals surface area contributed by atoms with E-state index in [0.29, 0.717) is 12.5 Å². The van der Waals surface area contributed by atoms with Crippen molar-refractivity contribution in [2.75, 3.05) is 32.7 Å². The van der Waals surface area contributed by atoms with Crippen LogP contribution < -0.4 is 10.6 Å². The van der Waals surface area contributed by atoms with E-state index in [0.717, 1.165) is 19.6 Å². The summed E-state index contributed by atoms with van der Waals surface area (Å²) in [5.74, 6) is 0.187. The Morgan fingerprint density at radius 2 is 1.94 bits per heavy atom. The molecule has 4 nitrogen and oxygen atoms in total. The molecule has 0 spiro atoms. The Balaban J connectivity index is 1.43. The summed E-state index contributed by atoms with van der Waals surface area (Å²) < 4.78 is 0. The molecule has 92 valence electrons. The Bertz CT molecular complexity index is 222. The van der Waals surface area contributed by atoms with Crippen molar-refractivity contribution in [3.63, 3.8) is 0 Å². The highest BCUT2D eigenvalue weighted by molar-refractivity contribution is 5.76. The summed E-state index contributed by atoms with van der Waals surface area (Å²) >= 11 is 0. The number of carbonyl (C=O) groups excluding carboxylic acids is 1. The molecule has 0 radical (unpaired) electrons. The predicted octanol–water partition coefficient (Wildman–Crippen LogP) is 0.341. The van der Waals surface area contributed by atoms with Gasteiger partial charge in [0.2, 0.25) is 5.91 Å². The second-order valence-corrected chi connectivity index (χ2v) is 4.88. The molecule has 0 unspecified atom stereocenters. The average molecular weight is 225 g/mol. The summed E-state index contributed by atoms with van der Waals surface area (Å²) in [5, 5.41) is 6.33. The van der Waals surface area contributed by atoms with Crippen LogP contribution in [0.1, 0.15) is 32.1 Å². The zero-order chi connectivity index (χ0) is 11.2. The fourth-order valence-electron chi connectivity index (χ4n) is 2.13. The van der Waals surface area contributed by atoms with Crippen molar-refractivity contribution in [3.05, 3.63) is 0 Å². The Morgan fingerprint density at radius 3 is 2.62 bits per heavy atom. The first-order valence-electron chi connectivity index (χ1n) is 6.57. The molecule has 1 heterocycles. The average Bonchev–Trinajstić information content (AvgIpc) is 2.94. The van der Waals surface area contributed by atoms with Crippen LogP contribution in [0.25, 0.3) is 0 Å². The Hall–Kier alpha value is -0.610. The van der Waals surface area contributed by atoms with Gasteiger partial charge in [-0.2, -0.15) is 0 Å². The third-order valence-corrected chi connectivity index (χ3v) is 3.31. The molecule has 4 heteroatoms. The second-order valence-electron chi connectivity index (χ2n) is 4.88. The number of amides is 1. The summed E-state index contributed by atoms with van der Waals surface area (Å²) in [7, 11) is 0. The Labute approximate surface area is 97.8 Å². The lowest BCUT2D eigenvalue weighted by Gasteiger charge is -2.14. The van der Waals surface area contributed by atoms with E-state index in [-0.39, 0.29) is 5.91 Å². The van der Waals surface area contributed by atoms with Crippen LogP contribution in [0.3, 0.4) is 0 Å². The van der Waals surface area contributed by atoms with Gasteiger partial charge in [0.1, 0.15) is 0 Å². The maximum atomic E-state index is 11.4. The van der Waals surface area contributed by atoms with Gasteiger partial charge in [-0.15, -0.1) is 0 Å². The highest BCUT2D eigenvalue weighted by atomic mass is 16.1. The normalized spacial score (nSPS) is 21.2. The van der Waals surface area contributed by atoms with Crippen molar-refractivity contribution in [1.29, 1.82) is 0 Å². The molecule has 16 heavy (non-hydrogen) atoms. The summed E-state index contributed by atoms with van der Waals surface area (Å²) in [5.41, 5.74) is 0. The van der Waals surface area contributed by atoms with Gasteiger partial charge in [-0.3, -0.25) is 4.79 Å². The van der Waals surface area contributed by atoms with E-state index in [1.165, 1.54) is 38.8 Å². The van der Waals surface area contributed by atoms with E-state index < -0.39 is 0 Å². The molecule has 1 saturated carbocycles. The van der Waals surface area contributed by atoms with Crippen molar-refractivity contribution in [2.45, 2.75) is 38.1 Å². The maximum absolute atomic E-state index is 11.4. The van der Waals surface area contributed by atoms with Gasteiger partial charge >= 0.3 is 0 Å². The highest BCUT2D eigenvalue weighted by Gasteiger charge is 2.20. The molecular weight excluding hydrogens is 202 g/mol. The Kier molecular flexibility index (Phi) is 4.60. The number of hydrogen-bond donors (Lipinski definition) is 2. The van der Waals surface area contributed by atoms with Crippen LogP contribution in [-0.2, 0) is 4.79 Å². The van der Waals surface area contributed by atoms with Gasteiger partial charge in [-0.05, 0) is 38.8 Å². The fourth-order valence-corrected chi connectivity index (χ4v) is 2.13. The first-order chi connectivity index (χ1) is 7.84. The van der Waals surface area contributed by atoms with Gasteiger partial charge in [-0.25, -0.2) is 0 Å². The molecule has 0 bridgehead atoms. The molecule has 1 aliphatic heterocycles. The first kappa shape index (κ1) is 11.9. The van der Waals surface area contributed by atoms with Gasteiger partial charge in [0.25, 0.3) is 0 Å². The van der Waals surface area contributed by atoms with Crippen LogP contribution in [0, 0.1) is 0 Å². The van der Waals surface area contributed by atoms with E-state index in [2.05, 4.69) is 15.5 Å². The molecule has 2 fully saturated rings. The zero-order valence-corrected chi connectivity index (χ0v) is 10.0.